The zero-order valence-electron chi connectivity index (χ0n) is 11.1. The Morgan fingerprint density at radius 1 is 1.50 bits per heavy atom. The third-order valence-corrected chi connectivity index (χ3v) is 3.39. The summed E-state index contributed by atoms with van der Waals surface area (Å²) in [7, 11) is 0. The number of rotatable bonds is 2. The van der Waals surface area contributed by atoms with Gasteiger partial charge in [0.1, 0.15) is 5.82 Å². The largest absolute Gasteiger partial charge is 0.336 e. The highest BCUT2D eigenvalue weighted by Crippen LogP contribution is 2.24. The quantitative estimate of drug-likeness (QED) is 0.615. The highest BCUT2D eigenvalue weighted by Gasteiger charge is 2.30. The van der Waals surface area contributed by atoms with Crippen LogP contribution < -0.4 is 11.3 Å². The van der Waals surface area contributed by atoms with Crippen LogP contribution in [0.15, 0.2) is 12.1 Å². The summed E-state index contributed by atoms with van der Waals surface area (Å²) in [5.74, 6) is 6.51. The smallest absolute Gasteiger partial charge is 0.254 e. The Balaban J connectivity index is 2.26. The summed E-state index contributed by atoms with van der Waals surface area (Å²) in [6.07, 6.45) is 1.07. The number of nitrogens with zero attached hydrogens (tertiary/aromatic N) is 2. The molecule has 0 bridgehead atoms. The second kappa shape index (κ2) is 4.94. The molecule has 5 nitrogen and oxygen atoms in total. The van der Waals surface area contributed by atoms with E-state index >= 15 is 0 Å². The van der Waals surface area contributed by atoms with Crippen molar-refractivity contribution in [2.45, 2.75) is 33.2 Å². The number of hydrogen-bond donors (Lipinski definition) is 2. The molecule has 2 heterocycles. The minimum absolute atomic E-state index is 0.0638. The molecule has 1 saturated heterocycles. The van der Waals surface area contributed by atoms with Crippen LogP contribution in [0.3, 0.4) is 0 Å². The molecule has 1 aromatic heterocycles. The second-order valence-electron chi connectivity index (χ2n) is 5.17. The van der Waals surface area contributed by atoms with E-state index in [0.717, 1.165) is 18.7 Å². The third kappa shape index (κ3) is 2.46. The van der Waals surface area contributed by atoms with Gasteiger partial charge in [-0.2, -0.15) is 0 Å². The zero-order valence-corrected chi connectivity index (χ0v) is 11.1. The van der Waals surface area contributed by atoms with E-state index in [1.54, 1.807) is 12.1 Å². The number of hydrazine groups is 1. The number of hydrogen-bond acceptors (Lipinski definition) is 4. The Labute approximate surface area is 107 Å². The fraction of sp³-hybridized carbons (Fsp3) is 0.538. The molecule has 1 amide bonds. The van der Waals surface area contributed by atoms with Crippen LogP contribution in [0.5, 0.6) is 0 Å². The van der Waals surface area contributed by atoms with Crippen LogP contribution in [0, 0.1) is 12.8 Å². The van der Waals surface area contributed by atoms with Crippen LogP contribution in [0.1, 0.15) is 36.3 Å². The lowest BCUT2D eigenvalue weighted by Crippen LogP contribution is -2.34. The molecule has 2 atom stereocenters. The Kier molecular flexibility index (Phi) is 3.52. The van der Waals surface area contributed by atoms with E-state index in [1.807, 2.05) is 11.8 Å². The summed E-state index contributed by atoms with van der Waals surface area (Å²) >= 11 is 0. The number of amides is 1. The molecule has 2 rings (SSSR count). The molecule has 1 aliphatic heterocycles. The number of aryl methyl sites for hydroxylation is 1. The summed E-state index contributed by atoms with van der Waals surface area (Å²) < 4.78 is 0. The van der Waals surface area contributed by atoms with E-state index in [2.05, 4.69) is 24.3 Å². The maximum Gasteiger partial charge on any atom is 0.254 e. The van der Waals surface area contributed by atoms with Crippen molar-refractivity contribution in [3.8, 4) is 0 Å². The maximum atomic E-state index is 12.5. The molecule has 98 valence electrons. The third-order valence-electron chi connectivity index (χ3n) is 3.39. The maximum absolute atomic E-state index is 12.5. The lowest BCUT2D eigenvalue weighted by molar-refractivity contribution is 0.0743. The van der Waals surface area contributed by atoms with Crippen LogP contribution in [-0.4, -0.2) is 28.4 Å². The molecule has 0 saturated carbocycles. The van der Waals surface area contributed by atoms with Gasteiger partial charge < -0.3 is 10.3 Å². The molecule has 0 aliphatic carbocycles. The first-order valence-corrected chi connectivity index (χ1v) is 6.27. The van der Waals surface area contributed by atoms with Crippen LogP contribution in [0.25, 0.3) is 0 Å². The molecule has 0 radical (unpaired) electrons. The highest BCUT2D eigenvalue weighted by molar-refractivity contribution is 5.95. The van der Waals surface area contributed by atoms with Gasteiger partial charge in [-0.15, -0.1) is 0 Å². The number of carbonyl (C=O) groups is 1. The molecule has 0 aromatic carbocycles. The summed E-state index contributed by atoms with van der Waals surface area (Å²) in [5.41, 5.74) is 3.93. The van der Waals surface area contributed by atoms with Crippen LogP contribution in [-0.2, 0) is 0 Å². The first-order valence-electron chi connectivity index (χ1n) is 6.27. The Morgan fingerprint density at radius 2 is 2.22 bits per heavy atom. The number of carbonyl (C=O) groups excluding carboxylic acids is 1. The van der Waals surface area contributed by atoms with Crippen molar-refractivity contribution >= 4 is 11.7 Å². The minimum atomic E-state index is 0.0638. The number of pyridine rings is 1. The molecular formula is C13H20N4O. The van der Waals surface area contributed by atoms with Crippen LogP contribution in [0.2, 0.25) is 0 Å². The van der Waals surface area contributed by atoms with E-state index in [-0.39, 0.29) is 5.91 Å². The summed E-state index contributed by atoms with van der Waals surface area (Å²) in [6.45, 7) is 6.95. The topological polar surface area (TPSA) is 71.2 Å². The van der Waals surface area contributed by atoms with Gasteiger partial charge in [-0.1, -0.05) is 6.92 Å². The fourth-order valence-corrected chi connectivity index (χ4v) is 2.61. The number of nitrogen functional groups attached to an aromatic ring is 1. The van der Waals surface area contributed by atoms with Crippen molar-refractivity contribution in [3.05, 3.63) is 23.4 Å². The lowest BCUT2D eigenvalue weighted by Gasteiger charge is -2.21. The lowest BCUT2D eigenvalue weighted by atomic mass is 10.1. The molecule has 1 fully saturated rings. The standard InChI is InChI=1S/C13H20N4O/c1-8-4-10(3)17(7-8)13(18)11-5-9(2)15-12(6-11)16-14/h5-6,8,10H,4,7,14H2,1-3H3,(H,15,16). The molecular weight excluding hydrogens is 228 g/mol. The van der Waals surface area contributed by atoms with Crippen molar-refractivity contribution in [2.75, 3.05) is 12.0 Å². The van der Waals surface area contributed by atoms with Crippen molar-refractivity contribution in [2.24, 2.45) is 11.8 Å². The highest BCUT2D eigenvalue weighted by atomic mass is 16.2. The Bertz CT molecular complexity index is 460. The van der Waals surface area contributed by atoms with Gasteiger partial charge in [0.15, 0.2) is 0 Å². The monoisotopic (exact) mass is 248 g/mol. The van der Waals surface area contributed by atoms with Gasteiger partial charge in [0, 0.05) is 23.8 Å². The van der Waals surface area contributed by atoms with Crippen molar-refractivity contribution in [1.82, 2.24) is 9.88 Å². The molecule has 1 aliphatic rings. The average Bonchev–Trinajstić information content (AvgIpc) is 2.66. The Hall–Kier alpha value is -1.62. The number of likely N-dealkylation sites (tertiary alicyclic amines) is 1. The average molecular weight is 248 g/mol. The predicted molar refractivity (Wildman–Crippen MR) is 71.1 cm³/mol. The summed E-state index contributed by atoms with van der Waals surface area (Å²) in [5, 5.41) is 0. The first-order chi connectivity index (χ1) is 8.51. The summed E-state index contributed by atoms with van der Waals surface area (Å²) in [4.78, 5) is 18.6. The van der Waals surface area contributed by atoms with Crippen LogP contribution >= 0.6 is 0 Å². The minimum Gasteiger partial charge on any atom is -0.336 e. The summed E-state index contributed by atoms with van der Waals surface area (Å²) in [6, 6.07) is 3.81. The number of anilines is 1. The molecule has 18 heavy (non-hydrogen) atoms. The van der Waals surface area contributed by atoms with Gasteiger partial charge in [-0.3, -0.25) is 4.79 Å². The fourth-order valence-electron chi connectivity index (χ4n) is 2.61. The first kappa shape index (κ1) is 12.8. The van der Waals surface area contributed by atoms with Gasteiger partial charge in [0.25, 0.3) is 5.91 Å². The molecule has 2 unspecified atom stereocenters. The van der Waals surface area contributed by atoms with Gasteiger partial charge in [0.2, 0.25) is 0 Å². The zero-order chi connectivity index (χ0) is 13.3. The SMILES string of the molecule is Cc1cc(C(=O)N2CC(C)CC2C)cc(NN)n1. The molecule has 1 aromatic rings. The molecule has 0 spiro atoms. The molecule has 5 heteroatoms. The normalized spacial score (nSPS) is 23.2. The number of nitrogens with one attached hydrogen (secondary N) is 1. The van der Waals surface area contributed by atoms with E-state index in [1.165, 1.54) is 0 Å². The van der Waals surface area contributed by atoms with E-state index in [4.69, 9.17) is 5.84 Å². The van der Waals surface area contributed by atoms with Crippen molar-refractivity contribution in [1.29, 1.82) is 0 Å². The van der Waals surface area contributed by atoms with Crippen molar-refractivity contribution < 1.29 is 4.79 Å². The number of aromatic nitrogens is 1. The van der Waals surface area contributed by atoms with Crippen LogP contribution in [0.4, 0.5) is 5.82 Å². The van der Waals surface area contributed by atoms with Gasteiger partial charge in [-0.05, 0) is 38.3 Å². The second-order valence-corrected chi connectivity index (χ2v) is 5.17. The molecule has 3 N–H and O–H groups in total. The van der Waals surface area contributed by atoms with Gasteiger partial charge >= 0.3 is 0 Å². The van der Waals surface area contributed by atoms with E-state index < -0.39 is 0 Å². The van der Waals surface area contributed by atoms with E-state index in [9.17, 15) is 4.79 Å². The Morgan fingerprint density at radius 3 is 2.78 bits per heavy atom. The predicted octanol–water partition coefficient (Wildman–Crippen LogP) is 1.55. The van der Waals surface area contributed by atoms with E-state index in [0.29, 0.717) is 23.3 Å². The van der Waals surface area contributed by atoms with Crippen molar-refractivity contribution in [3.63, 3.8) is 0 Å². The number of nitrogens with two attached hydrogens (primary N) is 1. The van der Waals surface area contributed by atoms with Gasteiger partial charge in [0.05, 0.1) is 0 Å². The van der Waals surface area contributed by atoms with Gasteiger partial charge in [-0.25, -0.2) is 10.8 Å².